The van der Waals surface area contributed by atoms with Crippen molar-refractivity contribution in [3.63, 3.8) is 0 Å². The van der Waals surface area contributed by atoms with Crippen LogP contribution in [0, 0.1) is 0 Å². The smallest absolute Gasteiger partial charge is 0.356 e. The van der Waals surface area contributed by atoms with E-state index >= 15 is 0 Å². The van der Waals surface area contributed by atoms with E-state index in [9.17, 15) is 4.79 Å². The van der Waals surface area contributed by atoms with Gasteiger partial charge in [0.15, 0.2) is 5.69 Å². The van der Waals surface area contributed by atoms with Gasteiger partial charge in [-0.3, -0.25) is 4.68 Å². The molecular weight excluding hydrogens is 206 g/mol. The number of carboxylic acid groups (broad SMARTS) is 1. The van der Waals surface area contributed by atoms with Gasteiger partial charge in [-0.15, -0.1) is 0 Å². The molecule has 5 heteroatoms. The van der Waals surface area contributed by atoms with E-state index in [1.807, 2.05) is 4.68 Å². The number of fused-ring (bicyclic) bond motifs is 1. The highest BCUT2D eigenvalue weighted by atomic mass is 16.4. The number of hydrogen-bond donors (Lipinski definition) is 2. The Balaban J connectivity index is 2.07. The molecule has 0 amide bonds. The fraction of sp³-hybridized carbons (Fsp3) is 0.636. The van der Waals surface area contributed by atoms with Gasteiger partial charge in [-0.05, 0) is 19.3 Å². The highest BCUT2D eigenvalue weighted by Crippen LogP contribution is 2.34. The van der Waals surface area contributed by atoms with E-state index in [4.69, 9.17) is 5.11 Å². The topological polar surface area (TPSA) is 67.1 Å². The highest BCUT2D eigenvalue weighted by molar-refractivity contribution is 5.87. The Morgan fingerprint density at radius 2 is 2.31 bits per heavy atom. The maximum atomic E-state index is 11.1. The average Bonchev–Trinajstić information content (AvgIpc) is 2.56. The van der Waals surface area contributed by atoms with Crippen LogP contribution in [0.5, 0.6) is 0 Å². The predicted molar refractivity (Wildman–Crippen MR) is 57.5 cm³/mol. The third-order valence-corrected chi connectivity index (χ3v) is 3.58. The average molecular weight is 221 g/mol. The van der Waals surface area contributed by atoms with Crippen molar-refractivity contribution in [3.05, 3.63) is 17.0 Å². The molecule has 5 nitrogen and oxygen atoms in total. The zero-order valence-electron chi connectivity index (χ0n) is 9.07. The van der Waals surface area contributed by atoms with Gasteiger partial charge in [0.25, 0.3) is 0 Å². The first-order valence-electron chi connectivity index (χ1n) is 5.81. The zero-order chi connectivity index (χ0) is 11.1. The van der Waals surface area contributed by atoms with Crippen LogP contribution in [0.25, 0.3) is 0 Å². The molecule has 1 saturated carbocycles. The fourth-order valence-corrected chi connectivity index (χ4v) is 2.48. The van der Waals surface area contributed by atoms with Crippen molar-refractivity contribution in [2.45, 2.75) is 38.3 Å². The number of aromatic carboxylic acids is 1. The maximum absolute atomic E-state index is 11.1. The first-order chi connectivity index (χ1) is 7.77. The zero-order valence-corrected chi connectivity index (χ0v) is 9.07. The summed E-state index contributed by atoms with van der Waals surface area (Å²) in [5, 5.41) is 16.6. The van der Waals surface area contributed by atoms with E-state index in [0.717, 1.165) is 37.1 Å². The lowest BCUT2D eigenvalue weighted by Gasteiger charge is -2.28. The van der Waals surface area contributed by atoms with E-state index in [-0.39, 0.29) is 5.69 Å². The highest BCUT2D eigenvalue weighted by Gasteiger charge is 2.29. The summed E-state index contributed by atoms with van der Waals surface area (Å²) in [5.74, 6) is -0.905. The lowest BCUT2D eigenvalue weighted by molar-refractivity contribution is 0.0687. The van der Waals surface area contributed by atoms with Crippen molar-refractivity contribution in [1.29, 1.82) is 0 Å². The number of nitrogens with one attached hydrogen (secondary N) is 1. The molecule has 1 aromatic rings. The molecule has 1 aromatic heterocycles. The molecule has 0 spiro atoms. The van der Waals surface area contributed by atoms with Crippen molar-refractivity contribution in [1.82, 2.24) is 15.1 Å². The van der Waals surface area contributed by atoms with Gasteiger partial charge in [-0.25, -0.2) is 4.79 Å². The molecule has 1 aliphatic carbocycles. The summed E-state index contributed by atoms with van der Waals surface area (Å²) in [6.45, 7) is 1.56. The SMILES string of the molecule is O=C(O)c1nn(C2CCC2)c2c1CNCC2. The monoisotopic (exact) mass is 221 g/mol. The lowest BCUT2D eigenvalue weighted by Crippen LogP contribution is -2.27. The predicted octanol–water partition coefficient (Wildman–Crippen LogP) is 0.952. The maximum Gasteiger partial charge on any atom is 0.356 e. The Morgan fingerprint density at radius 3 is 2.94 bits per heavy atom. The largest absolute Gasteiger partial charge is 0.476 e. The number of nitrogens with zero attached hydrogens (tertiary/aromatic N) is 2. The van der Waals surface area contributed by atoms with E-state index in [1.165, 1.54) is 6.42 Å². The molecule has 1 fully saturated rings. The van der Waals surface area contributed by atoms with Crippen molar-refractivity contribution in [2.75, 3.05) is 6.54 Å². The summed E-state index contributed by atoms with van der Waals surface area (Å²) in [5.41, 5.74) is 2.28. The molecule has 86 valence electrons. The van der Waals surface area contributed by atoms with Gasteiger partial charge in [-0.2, -0.15) is 5.10 Å². The Morgan fingerprint density at radius 1 is 1.50 bits per heavy atom. The Labute approximate surface area is 93.5 Å². The molecule has 2 heterocycles. The molecule has 2 N–H and O–H groups in total. The number of hydrogen-bond acceptors (Lipinski definition) is 3. The van der Waals surface area contributed by atoms with Crippen molar-refractivity contribution in [3.8, 4) is 0 Å². The second-order valence-electron chi connectivity index (χ2n) is 4.54. The molecular formula is C11H15N3O2. The minimum atomic E-state index is -0.905. The number of rotatable bonds is 2. The second kappa shape index (κ2) is 3.59. The first kappa shape index (κ1) is 9.84. The van der Waals surface area contributed by atoms with Gasteiger partial charge in [0.2, 0.25) is 0 Å². The van der Waals surface area contributed by atoms with E-state index < -0.39 is 5.97 Å². The Bertz CT molecular complexity index is 435. The van der Waals surface area contributed by atoms with Gasteiger partial charge in [0.1, 0.15) is 0 Å². The van der Waals surface area contributed by atoms with E-state index in [0.29, 0.717) is 12.6 Å². The van der Waals surface area contributed by atoms with Gasteiger partial charge < -0.3 is 10.4 Å². The summed E-state index contributed by atoms with van der Waals surface area (Å²) in [7, 11) is 0. The van der Waals surface area contributed by atoms with Gasteiger partial charge in [-0.1, -0.05) is 0 Å². The Hall–Kier alpha value is -1.36. The standard InChI is InChI=1S/C11H15N3O2/c15-11(16)10-8-6-12-5-4-9(8)14(13-10)7-2-1-3-7/h7,12H,1-6H2,(H,15,16). The van der Waals surface area contributed by atoms with Crippen molar-refractivity contribution >= 4 is 5.97 Å². The molecule has 0 saturated heterocycles. The van der Waals surface area contributed by atoms with E-state index in [2.05, 4.69) is 10.4 Å². The minimum Gasteiger partial charge on any atom is -0.476 e. The van der Waals surface area contributed by atoms with Crippen molar-refractivity contribution in [2.24, 2.45) is 0 Å². The van der Waals surface area contributed by atoms with Gasteiger partial charge in [0.05, 0.1) is 6.04 Å². The van der Waals surface area contributed by atoms with Crippen LogP contribution in [0.2, 0.25) is 0 Å². The molecule has 0 bridgehead atoms. The van der Waals surface area contributed by atoms with Gasteiger partial charge >= 0.3 is 5.97 Å². The number of carboxylic acids is 1. The van der Waals surface area contributed by atoms with Crippen LogP contribution >= 0.6 is 0 Å². The van der Waals surface area contributed by atoms with Crippen LogP contribution in [0.1, 0.15) is 47.1 Å². The van der Waals surface area contributed by atoms with Crippen LogP contribution in [0.3, 0.4) is 0 Å². The molecule has 16 heavy (non-hydrogen) atoms. The summed E-state index contributed by atoms with van der Waals surface area (Å²) >= 11 is 0. The first-order valence-corrected chi connectivity index (χ1v) is 5.81. The van der Waals surface area contributed by atoms with Crippen LogP contribution in [0.4, 0.5) is 0 Å². The molecule has 2 aliphatic rings. The number of aromatic nitrogens is 2. The van der Waals surface area contributed by atoms with Crippen molar-refractivity contribution < 1.29 is 9.90 Å². The third-order valence-electron chi connectivity index (χ3n) is 3.58. The second-order valence-corrected chi connectivity index (χ2v) is 4.54. The summed E-state index contributed by atoms with van der Waals surface area (Å²) < 4.78 is 1.98. The number of carbonyl (C=O) groups is 1. The fourth-order valence-electron chi connectivity index (χ4n) is 2.48. The van der Waals surface area contributed by atoms with Crippen LogP contribution in [0.15, 0.2) is 0 Å². The molecule has 0 atom stereocenters. The molecule has 0 unspecified atom stereocenters. The molecule has 3 rings (SSSR count). The van der Waals surface area contributed by atoms with Crippen LogP contribution in [-0.4, -0.2) is 27.4 Å². The summed E-state index contributed by atoms with van der Waals surface area (Å²) in [6.07, 6.45) is 4.41. The molecule has 0 aromatic carbocycles. The summed E-state index contributed by atoms with van der Waals surface area (Å²) in [6, 6.07) is 0.444. The van der Waals surface area contributed by atoms with Crippen LogP contribution in [-0.2, 0) is 13.0 Å². The Kier molecular flexibility index (Phi) is 2.21. The lowest BCUT2D eigenvalue weighted by atomic mass is 9.92. The third kappa shape index (κ3) is 1.35. The summed E-state index contributed by atoms with van der Waals surface area (Å²) in [4.78, 5) is 11.1. The van der Waals surface area contributed by atoms with E-state index in [1.54, 1.807) is 0 Å². The quantitative estimate of drug-likeness (QED) is 0.780. The van der Waals surface area contributed by atoms with Gasteiger partial charge in [0, 0.05) is 30.8 Å². The van der Waals surface area contributed by atoms with Crippen LogP contribution < -0.4 is 5.32 Å². The molecule has 1 aliphatic heterocycles. The minimum absolute atomic E-state index is 0.245. The normalized spacial score (nSPS) is 20.2. The molecule has 0 radical (unpaired) electrons.